The van der Waals surface area contributed by atoms with E-state index in [4.69, 9.17) is 0 Å². The summed E-state index contributed by atoms with van der Waals surface area (Å²) in [6, 6.07) is 10.1. The average molecular weight is 400 g/mol. The number of carbonyl (C=O) groups excluding carboxylic acids is 1. The van der Waals surface area contributed by atoms with Crippen molar-refractivity contribution < 1.29 is 9.18 Å². The van der Waals surface area contributed by atoms with Gasteiger partial charge in [-0.15, -0.1) is 11.3 Å². The zero-order valence-corrected chi connectivity index (χ0v) is 16.1. The first-order valence-corrected chi connectivity index (χ1v) is 10.2. The fourth-order valence-corrected chi connectivity index (χ4v) is 4.32. The molecule has 28 heavy (non-hydrogen) atoms. The second-order valence-corrected chi connectivity index (χ2v) is 8.04. The smallest absolute Gasteiger partial charge is 0.342 e. The molecule has 3 heterocycles. The Bertz CT molecular complexity index is 986. The number of hydrogen-bond donors (Lipinski definition) is 1. The summed E-state index contributed by atoms with van der Waals surface area (Å²) in [6.45, 7) is 1.67. The number of H-pyrrole nitrogens is 1. The van der Waals surface area contributed by atoms with Gasteiger partial charge in [0.2, 0.25) is 5.91 Å². The van der Waals surface area contributed by atoms with Crippen LogP contribution in [0.1, 0.15) is 35.0 Å². The highest BCUT2D eigenvalue weighted by Gasteiger charge is 2.27. The highest BCUT2D eigenvalue weighted by Crippen LogP contribution is 2.27. The van der Waals surface area contributed by atoms with Crippen LogP contribution in [-0.2, 0) is 17.8 Å². The van der Waals surface area contributed by atoms with E-state index in [9.17, 15) is 14.0 Å². The number of carbonyl (C=O) groups is 1. The van der Waals surface area contributed by atoms with E-state index < -0.39 is 0 Å². The summed E-state index contributed by atoms with van der Waals surface area (Å²) in [7, 11) is 0. The number of aromatic amines is 1. The van der Waals surface area contributed by atoms with Crippen molar-refractivity contribution in [1.82, 2.24) is 19.7 Å². The number of rotatable bonds is 5. The third kappa shape index (κ3) is 4.06. The summed E-state index contributed by atoms with van der Waals surface area (Å²) >= 11 is 1.60. The van der Waals surface area contributed by atoms with Crippen LogP contribution in [0.4, 0.5) is 4.39 Å². The van der Waals surface area contributed by atoms with E-state index in [2.05, 4.69) is 10.2 Å². The summed E-state index contributed by atoms with van der Waals surface area (Å²) in [5.74, 6) is 0.666. The minimum atomic E-state index is -0.303. The lowest BCUT2D eigenvalue weighted by atomic mass is 9.95. The number of benzene rings is 1. The number of piperidine rings is 1. The molecule has 0 aliphatic carbocycles. The number of halogens is 1. The Morgan fingerprint density at radius 2 is 1.96 bits per heavy atom. The Labute approximate surface area is 165 Å². The van der Waals surface area contributed by atoms with Crippen molar-refractivity contribution in [3.63, 3.8) is 0 Å². The Morgan fingerprint density at radius 1 is 1.21 bits per heavy atom. The van der Waals surface area contributed by atoms with Gasteiger partial charge in [0.1, 0.15) is 11.6 Å². The first-order valence-electron chi connectivity index (χ1n) is 9.30. The summed E-state index contributed by atoms with van der Waals surface area (Å²) in [4.78, 5) is 27.7. The number of amides is 1. The van der Waals surface area contributed by atoms with E-state index in [0.29, 0.717) is 31.9 Å². The van der Waals surface area contributed by atoms with Gasteiger partial charge in [-0.2, -0.15) is 5.10 Å². The van der Waals surface area contributed by atoms with Crippen molar-refractivity contribution in [2.24, 2.45) is 0 Å². The zero-order chi connectivity index (χ0) is 19.5. The normalized spacial score (nSPS) is 15.1. The molecule has 0 unspecified atom stereocenters. The summed E-state index contributed by atoms with van der Waals surface area (Å²) in [6.07, 6.45) is 1.98. The van der Waals surface area contributed by atoms with Crippen LogP contribution in [0.3, 0.4) is 0 Å². The van der Waals surface area contributed by atoms with Crippen LogP contribution >= 0.6 is 11.3 Å². The van der Waals surface area contributed by atoms with Gasteiger partial charge in [0.05, 0.1) is 13.0 Å². The molecule has 6 nitrogen and oxygen atoms in total. The molecule has 1 aliphatic rings. The third-order valence-corrected chi connectivity index (χ3v) is 6.04. The number of aromatic nitrogens is 3. The standard InChI is InChI=1S/C20H21FN4O2S/c21-16-5-3-14(4-6-16)13-25-19(22-23-20(25)27)15-7-9-24(10-8-15)18(26)12-17-2-1-11-28-17/h1-6,11,15H,7-10,12-13H2,(H,23,27). The first-order chi connectivity index (χ1) is 13.6. The van der Waals surface area contributed by atoms with Crippen LogP contribution < -0.4 is 5.69 Å². The van der Waals surface area contributed by atoms with Gasteiger partial charge in [-0.25, -0.2) is 14.3 Å². The van der Waals surface area contributed by atoms with Gasteiger partial charge in [-0.1, -0.05) is 18.2 Å². The van der Waals surface area contributed by atoms with E-state index in [1.165, 1.54) is 12.1 Å². The van der Waals surface area contributed by atoms with Crippen LogP contribution in [-0.4, -0.2) is 38.7 Å². The largest absolute Gasteiger partial charge is 0.343 e. The van der Waals surface area contributed by atoms with E-state index >= 15 is 0 Å². The minimum absolute atomic E-state index is 0.116. The molecule has 0 saturated carbocycles. The fraction of sp³-hybridized carbons (Fsp3) is 0.350. The topological polar surface area (TPSA) is 71.0 Å². The molecule has 0 bridgehead atoms. The van der Waals surface area contributed by atoms with Gasteiger partial charge < -0.3 is 4.90 Å². The first kappa shape index (κ1) is 18.6. The summed E-state index contributed by atoms with van der Waals surface area (Å²) < 4.78 is 14.7. The quantitative estimate of drug-likeness (QED) is 0.716. The molecule has 1 amide bonds. The fourth-order valence-electron chi connectivity index (χ4n) is 3.63. The second kappa shape index (κ2) is 8.10. The molecule has 0 atom stereocenters. The highest BCUT2D eigenvalue weighted by atomic mass is 32.1. The molecule has 1 aromatic carbocycles. The maximum atomic E-state index is 13.1. The highest BCUT2D eigenvalue weighted by molar-refractivity contribution is 7.10. The Hall–Kier alpha value is -2.74. The molecule has 1 fully saturated rings. The third-order valence-electron chi connectivity index (χ3n) is 5.16. The lowest BCUT2D eigenvalue weighted by Crippen LogP contribution is -2.39. The molecule has 146 valence electrons. The summed E-state index contributed by atoms with van der Waals surface area (Å²) in [5.41, 5.74) is 0.574. The average Bonchev–Trinajstić information content (AvgIpc) is 3.34. The van der Waals surface area contributed by atoms with Gasteiger partial charge in [-0.3, -0.25) is 9.36 Å². The van der Waals surface area contributed by atoms with Crippen molar-refractivity contribution in [1.29, 1.82) is 0 Å². The van der Waals surface area contributed by atoms with Crippen molar-refractivity contribution in [2.45, 2.75) is 31.7 Å². The van der Waals surface area contributed by atoms with Gasteiger partial charge in [0, 0.05) is 23.9 Å². The number of hydrogen-bond acceptors (Lipinski definition) is 4. The van der Waals surface area contributed by atoms with Crippen LogP contribution in [0.25, 0.3) is 0 Å². The Balaban J connectivity index is 1.41. The van der Waals surface area contributed by atoms with Crippen LogP contribution in [0.5, 0.6) is 0 Å². The van der Waals surface area contributed by atoms with Crippen LogP contribution in [0, 0.1) is 5.82 Å². The maximum absolute atomic E-state index is 13.1. The van der Waals surface area contributed by atoms with E-state index in [1.807, 2.05) is 22.4 Å². The molecule has 3 aromatic rings. The predicted molar refractivity (Wildman–Crippen MR) is 105 cm³/mol. The molecule has 2 aromatic heterocycles. The van der Waals surface area contributed by atoms with Crippen LogP contribution in [0.2, 0.25) is 0 Å². The molecule has 1 N–H and O–H groups in total. The molecular formula is C20H21FN4O2S. The van der Waals surface area contributed by atoms with Crippen molar-refractivity contribution in [3.8, 4) is 0 Å². The maximum Gasteiger partial charge on any atom is 0.343 e. The van der Waals surface area contributed by atoms with E-state index in [-0.39, 0.29) is 23.3 Å². The van der Waals surface area contributed by atoms with Crippen molar-refractivity contribution in [2.75, 3.05) is 13.1 Å². The number of likely N-dealkylation sites (tertiary alicyclic amines) is 1. The Kier molecular flexibility index (Phi) is 5.38. The SMILES string of the molecule is O=C(Cc1cccs1)N1CCC(c2n[nH]c(=O)n2Cc2ccc(F)cc2)CC1. The van der Waals surface area contributed by atoms with E-state index in [0.717, 1.165) is 23.3 Å². The van der Waals surface area contributed by atoms with Gasteiger partial charge in [-0.05, 0) is 42.0 Å². The monoisotopic (exact) mass is 400 g/mol. The predicted octanol–water partition coefficient (Wildman–Crippen LogP) is 2.77. The van der Waals surface area contributed by atoms with Gasteiger partial charge >= 0.3 is 5.69 Å². The number of thiophene rings is 1. The molecule has 8 heteroatoms. The molecular weight excluding hydrogens is 379 g/mol. The Morgan fingerprint density at radius 3 is 2.64 bits per heavy atom. The molecule has 1 saturated heterocycles. The molecule has 1 aliphatic heterocycles. The van der Waals surface area contributed by atoms with Gasteiger partial charge in [0.25, 0.3) is 0 Å². The lowest BCUT2D eigenvalue weighted by Gasteiger charge is -2.31. The molecule has 0 radical (unpaired) electrons. The van der Waals surface area contributed by atoms with Crippen molar-refractivity contribution >= 4 is 17.2 Å². The van der Waals surface area contributed by atoms with Gasteiger partial charge in [0.15, 0.2) is 0 Å². The second-order valence-electron chi connectivity index (χ2n) is 7.01. The zero-order valence-electron chi connectivity index (χ0n) is 15.3. The van der Waals surface area contributed by atoms with Crippen LogP contribution in [0.15, 0.2) is 46.6 Å². The van der Waals surface area contributed by atoms with E-state index in [1.54, 1.807) is 28.0 Å². The molecule has 4 rings (SSSR count). The minimum Gasteiger partial charge on any atom is -0.342 e. The molecule has 0 spiro atoms. The summed E-state index contributed by atoms with van der Waals surface area (Å²) in [5, 5.41) is 8.75. The lowest BCUT2D eigenvalue weighted by molar-refractivity contribution is -0.131. The van der Waals surface area contributed by atoms with Crippen molar-refractivity contribution in [3.05, 3.63) is 74.3 Å². The number of nitrogens with one attached hydrogen (secondary N) is 1. The number of nitrogens with zero attached hydrogens (tertiary/aromatic N) is 3.